The molecule has 0 N–H and O–H groups in total. The Morgan fingerprint density at radius 1 is 0.794 bits per heavy atom. The largest absolute Gasteiger partial charge is 0.490 e. The Morgan fingerprint density at radius 2 is 1.50 bits per heavy atom. The summed E-state index contributed by atoms with van der Waals surface area (Å²) in [6.07, 6.45) is 13.5. The molecule has 0 aromatic heterocycles. The van der Waals surface area contributed by atoms with E-state index in [9.17, 15) is 8.78 Å². The van der Waals surface area contributed by atoms with Gasteiger partial charge in [0.05, 0.1) is 12.2 Å². The molecule has 2 aromatic rings. The number of unbranched alkanes of at least 4 members (excludes halogenated alkanes) is 5. The fourth-order valence-corrected chi connectivity index (χ4v) is 4.74. The van der Waals surface area contributed by atoms with Crippen molar-refractivity contribution in [3.63, 3.8) is 0 Å². The van der Waals surface area contributed by atoms with Crippen molar-refractivity contribution in [3.05, 3.63) is 64.7 Å². The van der Waals surface area contributed by atoms with Gasteiger partial charge < -0.3 is 4.74 Å². The van der Waals surface area contributed by atoms with E-state index in [4.69, 9.17) is 4.74 Å². The molecule has 0 spiro atoms. The summed E-state index contributed by atoms with van der Waals surface area (Å²) in [4.78, 5) is 0. The molecule has 1 saturated carbocycles. The molecule has 1 fully saturated rings. The summed E-state index contributed by atoms with van der Waals surface area (Å²) < 4.78 is 34.2. The van der Waals surface area contributed by atoms with Crippen LogP contribution in [0.1, 0.15) is 107 Å². The second-order valence-corrected chi connectivity index (χ2v) is 9.66. The molecule has 0 heterocycles. The summed E-state index contributed by atoms with van der Waals surface area (Å²) in [6, 6.07) is 12.2. The van der Waals surface area contributed by atoms with Crippen LogP contribution in [-0.2, 0) is 6.42 Å². The van der Waals surface area contributed by atoms with Crippen LogP contribution >= 0.6 is 0 Å². The van der Waals surface area contributed by atoms with Crippen LogP contribution in [0.25, 0.3) is 0 Å². The van der Waals surface area contributed by atoms with Crippen molar-refractivity contribution in [2.75, 3.05) is 6.61 Å². The fourth-order valence-electron chi connectivity index (χ4n) is 4.74. The van der Waals surface area contributed by atoms with Crippen molar-refractivity contribution in [1.29, 1.82) is 0 Å². The highest BCUT2D eigenvalue weighted by Gasteiger charge is 2.21. The molecule has 2 aromatic carbocycles. The van der Waals surface area contributed by atoms with Crippen molar-refractivity contribution >= 4 is 0 Å². The predicted octanol–water partition coefficient (Wildman–Crippen LogP) is 8.98. The van der Waals surface area contributed by atoms with E-state index in [1.165, 1.54) is 55.4 Å². The number of aryl methyl sites for hydroxylation is 1. The van der Waals surface area contributed by atoms with Crippen molar-refractivity contribution in [3.8, 4) is 17.6 Å². The molecule has 184 valence electrons. The van der Waals surface area contributed by atoms with Gasteiger partial charge in [-0.2, -0.15) is 4.39 Å². The lowest BCUT2D eigenvalue weighted by Crippen LogP contribution is -2.12. The summed E-state index contributed by atoms with van der Waals surface area (Å²) >= 11 is 0. The van der Waals surface area contributed by atoms with Gasteiger partial charge in [0.2, 0.25) is 5.82 Å². The molecule has 1 nitrogen and oxygen atoms in total. The molecule has 0 aliphatic heterocycles. The third kappa shape index (κ3) is 7.86. The maximum Gasteiger partial charge on any atom is 0.201 e. The summed E-state index contributed by atoms with van der Waals surface area (Å²) in [5, 5.41) is 0. The third-order valence-electron chi connectivity index (χ3n) is 6.96. The first-order valence-corrected chi connectivity index (χ1v) is 13.3. The first kappa shape index (κ1) is 26.3. The Kier molecular flexibility index (Phi) is 10.9. The van der Waals surface area contributed by atoms with E-state index in [1.54, 1.807) is 0 Å². The van der Waals surface area contributed by atoms with E-state index >= 15 is 0 Å². The van der Waals surface area contributed by atoms with Gasteiger partial charge in [0.25, 0.3) is 0 Å². The number of hydrogen-bond donors (Lipinski definition) is 0. The Bertz CT molecular complexity index is 930. The number of rotatable bonds is 11. The Labute approximate surface area is 205 Å². The number of hydrogen-bond acceptors (Lipinski definition) is 1. The fraction of sp³-hybridized carbons (Fsp3) is 0.548. The minimum atomic E-state index is -0.930. The number of halogens is 2. The van der Waals surface area contributed by atoms with E-state index < -0.39 is 11.6 Å². The van der Waals surface area contributed by atoms with Crippen LogP contribution in [-0.4, -0.2) is 6.61 Å². The van der Waals surface area contributed by atoms with Gasteiger partial charge in [0, 0.05) is 5.92 Å². The molecule has 0 atom stereocenters. The zero-order valence-corrected chi connectivity index (χ0v) is 21.0. The predicted molar refractivity (Wildman–Crippen MR) is 137 cm³/mol. The highest BCUT2D eigenvalue weighted by molar-refractivity contribution is 5.41. The lowest BCUT2D eigenvalue weighted by Gasteiger charge is -2.26. The van der Waals surface area contributed by atoms with Gasteiger partial charge >= 0.3 is 0 Å². The summed E-state index contributed by atoms with van der Waals surface area (Å²) in [5.74, 6) is 5.06. The molecule has 1 aliphatic carbocycles. The summed E-state index contributed by atoms with van der Waals surface area (Å²) in [7, 11) is 0. The molecule has 1 aliphatic rings. The average Bonchev–Trinajstić information content (AvgIpc) is 2.87. The number of benzene rings is 2. The van der Waals surface area contributed by atoms with Gasteiger partial charge in [-0.05, 0) is 74.1 Å². The molecule has 3 heteroatoms. The molecule has 0 amide bonds. The van der Waals surface area contributed by atoms with Gasteiger partial charge in [0.1, 0.15) is 0 Å². The zero-order valence-electron chi connectivity index (χ0n) is 21.0. The van der Waals surface area contributed by atoms with Crippen LogP contribution in [0.15, 0.2) is 36.4 Å². The van der Waals surface area contributed by atoms with E-state index in [1.807, 2.05) is 0 Å². The van der Waals surface area contributed by atoms with E-state index in [-0.39, 0.29) is 17.2 Å². The van der Waals surface area contributed by atoms with Crippen molar-refractivity contribution in [2.24, 2.45) is 5.92 Å². The lowest BCUT2D eigenvalue weighted by atomic mass is 9.78. The van der Waals surface area contributed by atoms with E-state index in [0.29, 0.717) is 12.5 Å². The van der Waals surface area contributed by atoms with Crippen LogP contribution in [0, 0.1) is 29.4 Å². The Morgan fingerprint density at radius 3 is 2.21 bits per heavy atom. The highest BCUT2D eigenvalue weighted by Crippen LogP contribution is 2.35. The van der Waals surface area contributed by atoms with Crippen LogP contribution in [0.4, 0.5) is 8.78 Å². The first-order valence-electron chi connectivity index (χ1n) is 13.3. The van der Waals surface area contributed by atoms with E-state index in [2.05, 4.69) is 50.0 Å². The second-order valence-electron chi connectivity index (χ2n) is 9.66. The smallest absolute Gasteiger partial charge is 0.201 e. The van der Waals surface area contributed by atoms with Crippen LogP contribution in [0.2, 0.25) is 0 Å². The van der Waals surface area contributed by atoms with Crippen LogP contribution in [0.3, 0.4) is 0 Å². The van der Waals surface area contributed by atoms with Crippen molar-refractivity contribution < 1.29 is 13.5 Å². The molecular weight excluding hydrogens is 426 g/mol. The molecular formula is C31H40F2O. The molecule has 3 rings (SSSR count). The van der Waals surface area contributed by atoms with Gasteiger partial charge in [-0.3, -0.25) is 0 Å². The second kappa shape index (κ2) is 14.1. The minimum absolute atomic E-state index is 0.0216. The third-order valence-corrected chi connectivity index (χ3v) is 6.96. The topological polar surface area (TPSA) is 9.23 Å². The zero-order chi connectivity index (χ0) is 24.2. The number of ether oxygens (including phenoxy) is 1. The van der Waals surface area contributed by atoms with Gasteiger partial charge in [-0.1, -0.05) is 82.1 Å². The molecule has 34 heavy (non-hydrogen) atoms. The average molecular weight is 467 g/mol. The SMILES string of the molecule is CCCCCCc1ccc(C2CCC(C#Cc3ccc(OCCCCC)c(F)c3F)CC2)cc1. The highest BCUT2D eigenvalue weighted by atomic mass is 19.2. The lowest BCUT2D eigenvalue weighted by molar-refractivity contribution is 0.286. The summed E-state index contributed by atoms with van der Waals surface area (Å²) in [5.41, 5.74) is 2.98. The van der Waals surface area contributed by atoms with Crippen molar-refractivity contribution in [2.45, 2.75) is 96.8 Å². The van der Waals surface area contributed by atoms with Gasteiger partial charge in [-0.25, -0.2) is 4.39 Å². The van der Waals surface area contributed by atoms with E-state index in [0.717, 1.165) is 44.9 Å². The Hall–Kier alpha value is -2.34. The summed E-state index contributed by atoms with van der Waals surface area (Å²) in [6.45, 7) is 4.74. The van der Waals surface area contributed by atoms with Gasteiger partial charge in [-0.15, -0.1) is 0 Å². The Balaban J connectivity index is 1.49. The van der Waals surface area contributed by atoms with Gasteiger partial charge in [0.15, 0.2) is 11.6 Å². The van der Waals surface area contributed by atoms with Crippen molar-refractivity contribution in [1.82, 2.24) is 0 Å². The maximum atomic E-state index is 14.5. The normalized spacial score (nSPS) is 17.8. The molecule has 0 unspecified atom stereocenters. The molecule has 0 bridgehead atoms. The minimum Gasteiger partial charge on any atom is -0.490 e. The quantitative estimate of drug-likeness (QED) is 0.237. The molecule has 0 saturated heterocycles. The monoisotopic (exact) mass is 466 g/mol. The maximum absolute atomic E-state index is 14.5. The first-order chi connectivity index (χ1) is 16.6. The van der Waals surface area contributed by atoms with Crippen LogP contribution < -0.4 is 4.74 Å². The standard InChI is InChI=1S/C31H40F2O/c1-3-5-7-8-10-24-11-16-26(17-12-24)27-18-13-25(14-19-27)15-20-28-21-22-29(31(33)30(28)32)34-23-9-6-4-2/h11-12,16-17,21-22,25,27H,3-10,13-14,18-19,23H2,1-2H3. The van der Waals surface area contributed by atoms with Crippen LogP contribution in [0.5, 0.6) is 5.75 Å². The molecule has 0 radical (unpaired) electrons.